The minimum absolute atomic E-state index is 0.0847. The average molecular weight is 418 g/mol. The van der Waals surface area contributed by atoms with Gasteiger partial charge in [0.2, 0.25) is 17.6 Å². The van der Waals surface area contributed by atoms with Crippen LogP contribution in [0.25, 0.3) is 11.4 Å². The molecule has 0 saturated carbocycles. The molecule has 7 heteroatoms. The van der Waals surface area contributed by atoms with Crippen molar-refractivity contribution in [2.45, 2.75) is 39.5 Å². The van der Waals surface area contributed by atoms with Crippen LogP contribution in [0.15, 0.2) is 47.0 Å². The van der Waals surface area contributed by atoms with E-state index in [9.17, 15) is 9.59 Å². The van der Waals surface area contributed by atoms with Crippen LogP contribution >= 0.6 is 0 Å². The van der Waals surface area contributed by atoms with E-state index in [1.54, 1.807) is 0 Å². The summed E-state index contributed by atoms with van der Waals surface area (Å²) >= 11 is 0. The van der Waals surface area contributed by atoms with Crippen molar-refractivity contribution < 1.29 is 14.1 Å². The van der Waals surface area contributed by atoms with Crippen molar-refractivity contribution in [1.82, 2.24) is 15.0 Å². The highest BCUT2D eigenvalue weighted by Gasteiger charge is 2.28. The second-order valence-corrected chi connectivity index (χ2v) is 8.10. The largest absolute Gasteiger partial charge is 0.339 e. The van der Waals surface area contributed by atoms with Crippen molar-refractivity contribution in [3.63, 3.8) is 0 Å². The Balaban J connectivity index is 1.39. The molecule has 1 saturated heterocycles. The Morgan fingerprint density at radius 1 is 1.06 bits per heavy atom. The van der Waals surface area contributed by atoms with Gasteiger partial charge in [0.1, 0.15) is 0 Å². The summed E-state index contributed by atoms with van der Waals surface area (Å²) < 4.78 is 5.53. The number of nitrogens with zero attached hydrogens (tertiary/aromatic N) is 3. The molecule has 4 rings (SSSR count). The van der Waals surface area contributed by atoms with Crippen molar-refractivity contribution in [3.8, 4) is 11.4 Å². The van der Waals surface area contributed by atoms with Gasteiger partial charge < -0.3 is 14.7 Å². The predicted octanol–water partition coefficient (Wildman–Crippen LogP) is 4.33. The smallest absolute Gasteiger partial charge is 0.254 e. The van der Waals surface area contributed by atoms with Crippen molar-refractivity contribution in [3.05, 3.63) is 65.0 Å². The predicted molar refractivity (Wildman–Crippen MR) is 118 cm³/mol. The van der Waals surface area contributed by atoms with E-state index in [2.05, 4.69) is 15.5 Å². The van der Waals surface area contributed by atoms with Gasteiger partial charge in [-0.3, -0.25) is 9.59 Å². The zero-order chi connectivity index (χ0) is 22.0. The van der Waals surface area contributed by atoms with Gasteiger partial charge in [-0.25, -0.2) is 0 Å². The number of amides is 2. The van der Waals surface area contributed by atoms with Gasteiger partial charge in [-0.1, -0.05) is 22.9 Å². The summed E-state index contributed by atoms with van der Waals surface area (Å²) in [6, 6.07) is 13.3. The Labute approximate surface area is 181 Å². The highest BCUT2D eigenvalue weighted by atomic mass is 16.5. The summed E-state index contributed by atoms with van der Waals surface area (Å²) in [5, 5.41) is 6.86. The monoisotopic (exact) mass is 418 g/mol. The molecule has 0 aliphatic carbocycles. The SMILES string of the molecule is CC(=O)Nc1ccc(-c2noc(C3CCN(C(=O)c4ccc(C)cc4C)CC3)n2)cc1. The van der Waals surface area contributed by atoms with Crippen molar-refractivity contribution in [2.24, 2.45) is 0 Å². The van der Waals surface area contributed by atoms with Gasteiger partial charge in [0.15, 0.2) is 0 Å². The van der Waals surface area contributed by atoms with E-state index in [4.69, 9.17) is 4.52 Å². The molecule has 0 unspecified atom stereocenters. The van der Waals surface area contributed by atoms with Gasteiger partial charge in [0, 0.05) is 42.7 Å². The van der Waals surface area contributed by atoms with Crippen LogP contribution in [0.4, 0.5) is 5.69 Å². The van der Waals surface area contributed by atoms with E-state index >= 15 is 0 Å². The van der Waals surface area contributed by atoms with E-state index in [-0.39, 0.29) is 17.7 Å². The highest BCUT2D eigenvalue weighted by Crippen LogP contribution is 2.29. The summed E-state index contributed by atoms with van der Waals surface area (Å²) in [5.41, 5.74) is 4.49. The number of aryl methyl sites for hydroxylation is 2. The van der Waals surface area contributed by atoms with Gasteiger partial charge in [0.05, 0.1) is 0 Å². The number of nitrogens with one attached hydrogen (secondary N) is 1. The van der Waals surface area contributed by atoms with Crippen LogP contribution in [-0.2, 0) is 4.79 Å². The van der Waals surface area contributed by atoms with Gasteiger partial charge in [-0.05, 0) is 62.6 Å². The van der Waals surface area contributed by atoms with E-state index in [1.165, 1.54) is 6.92 Å². The van der Waals surface area contributed by atoms with E-state index < -0.39 is 0 Å². The van der Waals surface area contributed by atoms with Gasteiger partial charge in [0.25, 0.3) is 5.91 Å². The summed E-state index contributed by atoms with van der Waals surface area (Å²) in [5.74, 6) is 1.25. The first-order valence-corrected chi connectivity index (χ1v) is 10.5. The fraction of sp³-hybridized carbons (Fsp3) is 0.333. The molecule has 1 N–H and O–H groups in total. The number of anilines is 1. The van der Waals surface area contributed by atoms with E-state index in [0.717, 1.165) is 40.8 Å². The van der Waals surface area contributed by atoms with E-state index in [1.807, 2.05) is 61.2 Å². The second kappa shape index (κ2) is 8.71. The van der Waals surface area contributed by atoms with Crippen molar-refractivity contribution >= 4 is 17.5 Å². The van der Waals surface area contributed by atoms with Gasteiger partial charge >= 0.3 is 0 Å². The van der Waals surface area contributed by atoms with Crippen molar-refractivity contribution in [2.75, 3.05) is 18.4 Å². The Morgan fingerprint density at radius 2 is 1.77 bits per heavy atom. The highest BCUT2D eigenvalue weighted by molar-refractivity contribution is 5.95. The molecule has 1 aromatic heterocycles. The minimum Gasteiger partial charge on any atom is -0.339 e. The number of hydrogen-bond donors (Lipinski definition) is 1. The number of carbonyl (C=O) groups excluding carboxylic acids is 2. The average Bonchev–Trinajstić information content (AvgIpc) is 3.24. The van der Waals surface area contributed by atoms with Crippen LogP contribution in [-0.4, -0.2) is 39.9 Å². The fourth-order valence-electron chi connectivity index (χ4n) is 3.98. The first-order chi connectivity index (χ1) is 14.9. The second-order valence-electron chi connectivity index (χ2n) is 8.10. The minimum atomic E-state index is -0.114. The molecule has 1 aliphatic rings. The molecule has 2 amide bonds. The lowest BCUT2D eigenvalue weighted by Gasteiger charge is -2.30. The number of hydrogen-bond acceptors (Lipinski definition) is 5. The summed E-state index contributed by atoms with van der Waals surface area (Å²) in [7, 11) is 0. The molecule has 1 aliphatic heterocycles. The molecule has 0 radical (unpaired) electrons. The van der Waals surface area contributed by atoms with Crippen LogP contribution < -0.4 is 5.32 Å². The number of carbonyl (C=O) groups is 2. The zero-order valence-electron chi connectivity index (χ0n) is 18.0. The Kier molecular flexibility index (Phi) is 5.84. The molecular weight excluding hydrogens is 392 g/mol. The number of piperidine rings is 1. The molecule has 0 atom stereocenters. The topological polar surface area (TPSA) is 88.3 Å². The molecule has 2 aromatic carbocycles. The number of benzene rings is 2. The fourth-order valence-corrected chi connectivity index (χ4v) is 3.98. The lowest BCUT2D eigenvalue weighted by molar-refractivity contribution is -0.114. The Bertz CT molecular complexity index is 1100. The molecule has 160 valence electrons. The summed E-state index contributed by atoms with van der Waals surface area (Å²) in [6.45, 7) is 6.82. The van der Waals surface area contributed by atoms with Crippen LogP contribution in [0.5, 0.6) is 0 Å². The Morgan fingerprint density at radius 3 is 2.42 bits per heavy atom. The molecule has 0 bridgehead atoms. The van der Waals surface area contributed by atoms with Crippen LogP contribution in [0.2, 0.25) is 0 Å². The molecular formula is C24H26N4O3. The van der Waals surface area contributed by atoms with Gasteiger partial charge in [-0.2, -0.15) is 4.98 Å². The van der Waals surface area contributed by atoms with Gasteiger partial charge in [-0.15, -0.1) is 0 Å². The maximum absolute atomic E-state index is 12.9. The normalized spacial score (nSPS) is 14.5. The third kappa shape index (κ3) is 4.66. The maximum Gasteiger partial charge on any atom is 0.254 e. The molecule has 0 spiro atoms. The number of aromatic nitrogens is 2. The molecule has 7 nitrogen and oxygen atoms in total. The van der Waals surface area contributed by atoms with Crippen LogP contribution in [0.3, 0.4) is 0 Å². The van der Waals surface area contributed by atoms with Crippen LogP contribution in [0, 0.1) is 13.8 Å². The molecule has 1 fully saturated rings. The quantitative estimate of drug-likeness (QED) is 0.681. The summed E-state index contributed by atoms with van der Waals surface area (Å²) in [4.78, 5) is 30.5. The third-order valence-electron chi connectivity index (χ3n) is 5.65. The lowest BCUT2D eigenvalue weighted by atomic mass is 9.95. The maximum atomic E-state index is 12.9. The number of likely N-dealkylation sites (tertiary alicyclic amines) is 1. The lowest BCUT2D eigenvalue weighted by Crippen LogP contribution is -2.38. The first-order valence-electron chi connectivity index (χ1n) is 10.5. The van der Waals surface area contributed by atoms with E-state index in [0.29, 0.717) is 24.8 Å². The molecule has 2 heterocycles. The van der Waals surface area contributed by atoms with Crippen LogP contribution in [0.1, 0.15) is 53.1 Å². The Hall–Kier alpha value is -3.48. The standard InChI is InChI=1S/C24H26N4O3/c1-15-4-9-21(16(2)14-15)24(30)28-12-10-19(11-13-28)23-26-22(27-31-23)18-5-7-20(8-6-18)25-17(3)29/h4-9,14,19H,10-13H2,1-3H3,(H,25,29). The first kappa shape index (κ1) is 20.8. The number of rotatable bonds is 4. The zero-order valence-corrected chi connectivity index (χ0v) is 18.0. The molecule has 3 aromatic rings. The van der Waals surface area contributed by atoms with Crippen molar-refractivity contribution in [1.29, 1.82) is 0 Å². The molecule has 31 heavy (non-hydrogen) atoms. The summed E-state index contributed by atoms with van der Waals surface area (Å²) in [6.07, 6.45) is 1.58. The third-order valence-corrected chi connectivity index (χ3v) is 5.65.